The van der Waals surface area contributed by atoms with E-state index in [4.69, 9.17) is 12.3 Å². The first-order chi connectivity index (χ1) is 21.6. The van der Waals surface area contributed by atoms with Gasteiger partial charge in [0.05, 0.1) is 0 Å². The predicted octanol–water partition coefficient (Wildman–Crippen LogP) is 7.00. The van der Waals surface area contributed by atoms with Gasteiger partial charge in [0.2, 0.25) is 0 Å². The van der Waals surface area contributed by atoms with Gasteiger partial charge in [0.25, 0.3) is 6.71 Å². The van der Waals surface area contributed by atoms with E-state index in [0.29, 0.717) is 5.69 Å². The van der Waals surface area contributed by atoms with E-state index in [1.54, 1.807) is 54.6 Å². The number of nitrogens with zero attached hydrogens (tertiary/aromatic N) is 2. The van der Waals surface area contributed by atoms with Crippen molar-refractivity contribution in [2.45, 2.75) is 27.5 Å². The summed E-state index contributed by atoms with van der Waals surface area (Å²) in [7, 11) is 0. The molecule has 0 saturated heterocycles. The van der Waals surface area contributed by atoms with Gasteiger partial charge < -0.3 is 9.80 Å². The molecule has 5 aromatic carbocycles. The molecule has 37 heavy (non-hydrogen) atoms. The number of benzene rings is 5. The molecule has 2 aliphatic rings. The molecular formula is C34H29BN2. The Hall–Kier alpha value is -4.24. The molecule has 0 N–H and O–H groups in total. The van der Waals surface area contributed by atoms with Gasteiger partial charge >= 0.3 is 0 Å². The monoisotopic (exact) mass is 485 g/mol. The highest BCUT2D eigenvalue weighted by Crippen LogP contribution is 2.43. The summed E-state index contributed by atoms with van der Waals surface area (Å²) in [6.45, 7) is -5.43. The fourth-order valence-corrected chi connectivity index (χ4v) is 5.80. The molecule has 0 radical (unpaired) electrons. The molecule has 2 heterocycles. The lowest BCUT2D eigenvalue weighted by atomic mass is 9.33. The normalized spacial score (nSPS) is 17.9. The van der Waals surface area contributed by atoms with Crippen LogP contribution in [-0.4, -0.2) is 6.71 Å². The van der Waals surface area contributed by atoms with Crippen molar-refractivity contribution in [2.75, 3.05) is 9.80 Å². The summed E-state index contributed by atoms with van der Waals surface area (Å²) < 4.78 is 72.9. The molecule has 0 amide bonds. The summed E-state index contributed by atoms with van der Waals surface area (Å²) in [4.78, 5) is 4.16. The van der Waals surface area contributed by atoms with Gasteiger partial charge in [-0.2, -0.15) is 0 Å². The number of anilines is 6. The average Bonchev–Trinajstić information content (AvgIpc) is 3.00. The van der Waals surface area contributed by atoms with E-state index >= 15 is 0 Å². The van der Waals surface area contributed by atoms with Crippen molar-refractivity contribution in [1.29, 1.82) is 0 Å². The number of hydrogen-bond acceptors (Lipinski definition) is 2. The Morgan fingerprint density at radius 2 is 0.973 bits per heavy atom. The lowest BCUT2D eigenvalue weighted by Crippen LogP contribution is -2.61. The minimum Gasteiger partial charge on any atom is -0.311 e. The molecule has 178 valence electrons. The highest BCUT2D eigenvalue weighted by atomic mass is 15.2. The van der Waals surface area contributed by atoms with E-state index < -0.39 is 27.3 Å². The van der Waals surface area contributed by atoms with Gasteiger partial charge in [0.1, 0.15) is 0 Å². The van der Waals surface area contributed by atoms with Gasteiger partial charge in [-0.15, -0.1) is 0 Å². The zero-order valence-corrected chi connectivity index (χ0v) is 20.3. The first-order valence-electron chi connectivity index (χ1n) is 16.8. The van der Waals surface area contributed by atoms with Crippen LogP contribution in [0.25, 0.3) is 0 Å². The van der Waals surface area contributed by atoms with Crippen LogP contribution in [0.15, 0.2) is 103 Å². The quantitative estimate of drug-likeness (QED) is 0.243. The van der Waals surface area contributed by atoms with Crippen LogP contribution >= 0.6 is 0 Å². The van der Waals surface area contributed by atoms with Crippen molar-refractivity contribution >= 4 is 57.2 Å². The van der Waals surface area contributed by atoms with E-state index in [9.17, 15) is 0 Å². The summed E-state index contributed by atoms with van der Waals surface area (Å²) in [5, 5.41) is 0. The third kappa shape index (κ3) is 3.34. The Balaban J connectivity index is 1.56. The molecule has 0 unspecified atom stereocenters. The van der Waals surface area contributed by atoms with E-state index in [2.05, 4.69) is 4.90 Å². The van der Waals surface area contributed by atoms with E-state index in [0.717, 1.165) is 50.4 Å². The molecule has 0 bridgehead atoms. The number of hydrogen-bond donors (Lipinski definition) is 0. The van der Waals surface area contributed by atoms with E-state index in [1.165, 1.54) is 0 Å². The second-order valence-corrected chi connectivity index (χ2v) is 9.74. The fourth-order valence-electron chi connectivity index (χ4n) is 5.80. The van der Waals surface area contributed by atoms with Crippen molar-refractivity contribution in [3.8, 4) is 0 Å². The first-order valence-corrected chi connectivity index (χ1v) is 12.3. The zero-order chi connectivity index (χ0) is 32.8. The van der Waals surface area contributed by atoms with Crippen molar-refractivity contribution in [1.82, 2.24) is 0 Å². The molecular weight excluding hydrogens is 447 g/mol. The van der Waals surface area contributed by atoms with Crippen LogP contribution in [0.1, 0.15) is 34.6 Å². The van der Waals surface area contributed by atoms with Crippen LogP contribution in [0.4, 0.5) is 34.1 Å². The summed E-state index contributed by atoms with van der Waals surface area (Å²) in [5.41, 5.74) is 8.96. The zero-order valence-electron chi connectivity index (χ0n) is 29.3. The Morgan fingerprint density at radius 3 is 1.46 bits per heavy atom. The van der Waals surface area contributed by atoms with E-state index in [-0.39, 0.29) is 16.7 Å². The van der Waals surface area contributed by atoms with Crippen molar-refractivity contribution < 1.29 is 12.3 Å². The molecule has 3 heteroatoms. The minimum atomic E-state index is -2.37. The summed E-state index contributed by atoms with van der Waals surface area (Å²) in [5.74, 6) is 0. The molecule has 0 atom stereocenters. The SMILES string of the molecule is [2H]C([2H])([2H])c1ccc(N2c3ccc(C([2H])([2H])[2H])cc3B3c4cc(C([2H])([2H])[2H])ccc4N(c4ccc(C)cc4)c4cccc2c43)cc1. The third-order valence-electron chi connectivity index (χ3n) is 7.41. The number of fused-ring (bicyclic) bond motifs is 4. The van der Waals surface area contributed by atoms with Crippen LogP contribution in [0.5, 0.6) is 0 Å². The molecule has 2 aliphatic heterocycles. The first kappa shape index (κ1) is 14.5. The van der Waals surface area contributed by atoms with Gasteiger partial charge in [0, 0.05) is 46.5 Å². The van der Waals surface area contributed by atoms with Gasteiger partial charge in [-0.3, -0.25) is 0 Å². The van der Waals surface area contributed by atoms with Gasteiger partial charge in [-0.25, -0.2) is 0 Å². The number of rotatable bonds is 2. The Kier molecular flexibility index (Phi) is 3.19. The Bertz CT molecular complexity index is 1980. The van der Waals surface area contributed by atoms with Gasteiger partial charge in [0.15, 0.2) is 0 Å². The summed E-state index contributed by atoms with van der Waals surface area (Å²) in [6.07, 6.45) is 0. The van der Waals surface area contributed by atoms with Crippen LogP contribution in [0, 0.1) is 27.5 Å². The second kappa shape index (κ2) is 8.14. The Labute approximate surface area is 232 Å². The maximum absolute atomic E-state index is 8.22. The molecule has 0 fully saturated rings. The highest BCUT2D eigenvalue weighted by molar-refractivity contribution is 7.00. The highest BCUT2D eigenvalue weighted by Gasteiger charge is 2.42. The largest absolute Gasteiger partial charge is 0.311 e. The fraction of sp³-hybridized carbons (Fsp3) is 0.118. The van der Waals surface area contributed by atoms with Crippen LogP contribution in [0.2, 0.25) is 0 Å². The van der Waals surface area contributed by atoms with Crippen LogP contribution in [0.3, 0.4) is 0 Å². The smallest absolute Gasteiger partial charge is 0.252 e. The molecule has 5 aromatic rings. The average molecular weight is 485 g/mol. The van der Waals surface area contributed by atoms with Crippen molar-refractivity contribution in [2.24, 2.45) is 0 Å². The standard InChI is InChI=1S/C34H29BN2/c1-22-8-14-26(15-9-22)36-30-18-12-24(3)20-28(30)35-29-21-25(4)13-19-31(29)37(27-16-10-23(2)11-17-27)33-7-5-6-32(36)34(33)35/h5-21H,1-4H3/i1D3,3D3,4D3. The van der Waals surface area contributed by atoms with Crippen molar-refractivity contribution in [3.63, 3.8) is 0 Å². The topological polar surface area (TPSA) is 6.48 Å². The Morgan fingerprint density at radius 1 is 0.514 bits per heavy atom. The van der Waals surface area contributed by atoms with Gasteiger partial charge in [-0.1, -0.05) is 76.9 Å². The van der Waals surface area contributed by atoms with Crippen molar-refractivity contribution in [3.05, 3.63) is 125 Å². The molecule has 0 spiro atoms. The maximum Gasteiger partial charge on any atom is 0.252 e. The van der Waals surface area contributed by atoms with Gasteiger partial charge in [-0.05, 0) is 92.4 Å². The number of aryl methyl sites for hydroxylation is 4. The lowest BCUT2D eigenvalue weighted by molar-refractivity contribution is 1.24. The summed E-state index contributed by atoms with van der Waals surface area (Å²) in [6, 6.07) is 31.2. The van der Waals surface area contributed by atoms with E-state index in [1.807, 2.05) is 60.4 Å². The minimum absolute atomic E-state index is 0.180. The predicted molar refractivity (Wildman–Crippen MR) is 159 cm³/mol. The molecule has 0 aliphatic carbocycles. The molecule has 2 nitrogen and oxygen atoms in total. The lowest BCUT2D eigenvalue weighted by Gasteiger charge is -2.44. The molecule has 0 saturated carbocycles. The second-order valence-electron chi connectivity index (χ2n) is 9.74. The van der Waals surface area contributed by atoms with Crippen LogP contribution in [-0.2, 0) is 0 Å². The summed E-state index contributed by atoms with van der Waals surface area (Å²) >= 11 is 0. The third-order valence-corrected chi connectivity index (χ3v) is 7.41. The molecule has 7 rings (SSSR count). The molecule has 0 aromatic heterocycles. The van der Waals surface area contributed by atoms with Crippen LogP contribution < -0.4 is 26.2 Å². The maximum atomic E-state index is 8.22.